The van der Waals surface area contributed by atoms with Crippen LogP contribution in [0.15, 0.2) is 12.1 Å². The molecule has 1 amide bonds. The lowest BCUT2D eigenvalue weighted by Crippen LogP contribution is -2.44. The Hall–Kier alpha value is -1.66. The van der Waals surface area contributed by atoms with Gasteiger partial charge in [0.25, 0.3) is 5.91 Å². The molecule has 0 unspecified atom stereocenters. The largest absolute Gasteiger partial charge is 0.349 e. The summed E-state index contributed by atoms with van der Waals surface area (Å²) in [7, 11) is 0. The number of hydrazine groups is 1. The fourth-order valence-corrected chi connectivity index (χ4v) is 2.76. The van der Waals surface area contributed by atoms with E-state index in [-0.39, 0.29) is 11.9 Å². The zero-order valence-electron chi connectivity index (χ0n) is 12.9. The molecule has 0 atom stereocenters. The van der Waals surface area contributed by atoms with Crippen LogP contribution in [0.2, 0.25) is 0 Å². The zero-order valence-corrected chi connectivity index (χ0v) is 12.9. The number of aromatic nitrogens is 1. The van der Waals surface area contributed by atoms with Crippen molar-refractivity contribution in [3.63, 3.8) is 0 Å². The van der Waals surface area contributed by atoms with Crippen molar-refractivity contribution >= 4 is 11.7 Å². The standard InChI is InChI=1S/C15H25N5O/c1-3-6-20-7-4-13(5-8-20)18-15(21)12-9-11(2)17-14(10-12)19-16/h9-10,13H,3-8,16H2,1-2H3,(H,17,19)(H,18,21). The normalized spacial score (nSPS) is 16.7. The molecule has 0 radical (unpaired) electrons. The summed E-state index contributed by atoms with van der Waals surface area (Å²) in [6, 6.07) is 3.71. The number of piperidine rings is 1. The molecule has 2 heterocycles. The Morgan fingerprint density at radius 1 is 1.43 bits per heavy atom. The third kappa shape index (κ3) is 4.41. The molecule has 0 aromatic carbocycles. The van der Waals surface area contributed by atoms with Gasteiger partial charge in [0.15, 0.2) is 0 Å². The van der Waals surface area contributed by atoms with Crippen LogP contribution in [0.5, 0.6) is 0 Å². The first-order chi connectivity index (χ1) is 10.1. The summed E-state index contributed by atoms with van der Waals surface area (Å²) in [6.45, 7) is 7.31. The van der Waals surface area contributed by atoms with Gasteiger partial charge in [-0.2, -0.15) is 0 Å². The number of aryl methyl sites for hydroxylation is 1. The predicted octanol–water partition coefficient (Wildman–Crippen LogP) is 1.28. The average Bonchev–Trinajstić information content (AvgIpc) is 2.48. The van der Waals surface area contributed by atoms with Gasteiger partial charge in [-0.3, -0.25) is 4.79 Å². The lowest BCUT2D eigenvalue weighted by Gasteiger charge is -2.32. The van der Waals surface area contributed by atoms with E-state index in [2.05, 4.69) is 27.6 Å². The lowest BCUT2D eigenvalue weighted by molar-refractivity contribution is 0.0911. The first-order valence-electron chi connectivity index (χ1n) is 7.61. The molecular formula is C15H25N5O. The van der Waals surface area contributed by atoms with Gasteiger partial charge in [-0.25, -0.2) is 10.8 Å². The fourth-order valence-electron chi connectivity index (χ4n) is 2.76. The van der Waals surface area contributed by atoms with Gasteiger partial charge in [-0.1, -0.05) is 6.92 Å². The summed E-state index contributed by atoms with van der Waals surface area (Å²) in [5.41, 5.74) is 3.86. The predicted molar refractivity (Wildman–Crippen MR) is 84.0 cm³/mol. The Bertz CT molecular complexity index is 483. The minimum Gasteiger partial charge on any atom is -0.349 e. The summed E-state index contributed by atoms with van der Waals surface area (Å²) in [4.78, 5) is 19.0. The van der Waals surface area contributed by atoms with Gasteiger partial charge < -0.3 is 15.6 Å². The fraction of sp³-hybridized carbons (Fsp3) is 0.600. The number of nitrogens with one attached hydrogen (secondary N) is 2. The van der Waals surface area contributed by atoms with Crippen LogP contribution in [0, 0.1) is 6.92 Å². The Balaban J connectivity index is 1.92. The molecule has 21 heavy (non-hydrogen) atoms. The second kappa shape index (κ2) is 7.38. The highest BCUT2D eigenvalue weighted by atomic mass is 16.1. The maximum atomic E-state index is 12.3. The van der Waals surface area contributed by atoms with Crippen molar-refractivity contribution in [2.24, 2.45) is 5.84 Å². The van der Waals surface area contributed by atoms with Gasteiger partial charge in [0.1, 0.15) is 5.82 Å². The second-order valence-electron chi connectivity index (χ2n) is 5.62. The molecule has 1 aliphatic rings. The SMILES string of the molecule is CCCN1CCC(NC(=O)c2cc(C)nc(NN)c2)CC1. The van der Waals surface area contributed by atoms with E-state index in [0.29, 0.717) is 11.4 Å². The number of carbonyl (C=O) groups is 1. The van der Waals surface area contributed by atoms with Gasteiger partial charge in [-0.15, -0.1) is 0 Å². The third-order valence-corrected chi connectivity index (χ3v) is 3.83. The van der Waals surface area contributed by atoms with Crippen molar-refractivity contribution < 1.29 is 4.79 Å². The van der Waals surface area contributed by atoms with Crippen molar-refractivity contribution in [2.75, 3.05) is 25.1 Å². The molecule has 2 rings (SSSR count). The quantitative estimate of drug-likeness (QED) is 0.562. The number of nitrogen functional groups attached to an aromatic ring is 1. The molecule has 0 bridgehead atoms. The number of anilines is 1. The Labute approximate surface area is 126 Å². The molecule has 1 aliphatic heterocycles. The van der Waals surface area contributed by atoms with Gasteiger partial charge in [0, 0.05) is 30.4 Å². The summed E-state index contributed by atoms with van der Waals surface area (Å²) in [6.07, 6.45) is 3.21. The van der Waals surface area contributed by atoms with Crippen LogP contribution in [0.3, 0.4) is 0 Å². The van der Waals surface area contributed by atoms with E-state index < -0.39 is 0 Å². The van der Waals surface area contributed by atoms with Gasteiger partial charge in [0.2, 0.25) is 0 Å². The van der Waals surface area contributed by atoms with Gasteiger partial charge in [-0.05, 0) is 44.9 Å². The summed E-state index contributed by atoms with van der Waals surface area (Å²) < 4.78 is 0. The van der Waals surface area contributed by atoms with Gasteiger partial charge >= 0.3 is 0 Å². The minimum absolute atomic E-state index is 0.0501. The van der Waals surface area contributed by atoms with Crippen LogP contribution in [0.1, 0.15) is 42.2 Å². The van der Waals surface area contributed by atoms with Gasteiger partial charge in [0.05, 0.1) is 0 Å². The molecule has 0 spiro atoms. The van der Waals surface area contributed by atoms with Crippen LogP contribution in [0.25, 0.3) is 0 Å². The van der Waals surface area contributed by atoms with Crippen molar-refractivity contribution in [1.29, 1.82) is 0 Å². The maximum absolute atomic E-state index is 12.3. The molecule has 6 heteroatoms. The number of nitrogens with zero attached hydrogens (tertiary/aromatic N) is 2. The molecular weight excluding hydrogens is 266 g/mol. The van der Waals surface area contributed by atoms with Crippen LogP contribution in [0.4, 0.5) is 5.82 Å². The molecule has 116 valence electrons. The third-order valence-electron chi connectivity index (χ3n) is 3.83. The van der Waals surface area contributed by atoms with E-state index in [1.165, 1.54) is 6.42 Å². The molecule has 6 nitrogen and oxygen atoms in total. The van der Waals surface area contributed by atoms with Crippen molar-refractivity contribution in [3.8, 4) is 0 Å². The summed E-state index contributed by atoms with van der Waals surface area (Å²) in [5.74, 6) is 5.83. The van der Waals surface area contributed by atoms with Crippen LogP contribution < -0.4 is 16.6 Å². The lowest BCUT2D eigenvalue weighted by atomic mass is 10.0. The number of carbonyl (C=O) groups excluding carboxylic acids is 1. The number of hydrogen-bond donors (Lipinski definition) is 3. The molecule has 0 saturated carbocycles. The monoisotopic (exact) mass is 291 g/mol. The van der Waals surface area contributed by atoms with E-state index in [4.69, 9.17) is 5.84 Å². The molecule has 1 aromatic heterocycles. The van der Waals surface area contributed by atoms with Crippen molar-refractivity contribution in [3.05, 3.63) is 23.4 Å². The number of likely N-dealkylation sites (tertiary alicyclic amines) is 1. The second-order valence-corrected chi connectivity index (χ2v) is 5.62. The average molecular weight is 291 g/mol. The number of hydrogen-bond acceptors (Lipinski definition) is 5. The molecule has 1 saturated heterocycles. The maximum Gasteiger partial charge on any atom is 0.251 e. The van der Waals surface area contributed by atoms with Crippen molar-refractivity contribution in [1.82, 2.24) is 15.2 Å². The van der Waals surface area contributed by atoms with Crippen LogP contribution in [-0.2, 0) is 0 Å². The summed E-state index contributed by atoms with van der Waals surface area (Å²) >= 11 is 0. The van der Waals surface area contributed by atoms with E-state index in [9.17, 15) is 4.79 Å². The molecule has 1 fully saturated rings. The highest BCUT2D eigenvalue weighted by Crippen LogP contribution is 2.13. The minimum atomic E-state index is -0.0501. The molecule has 0 aliphatic carbocycles. The molecule has 4 N–H and O–H groups in total. The first kappa shape index (κ1) is 15.7. The Morgan fingerprint density at radius 3 is 2.76 bits per heavy atom. The Morgan fingerprint density at radius 2 is 2.14 bits per heavy atom. The number of amides is 1. The van der Waals surface area contributed by atoms with Crippen LogP contribution >= 0.6 is 0 Å². The first-order valence-corrected chi connectivity index (χ1v) is 7.61. The topological polar surface area (TPSA) is 83.3 Å². The van der Waals surface area contributed by atoms with E-state index in [1.54, 1.807) is 12.1 Å². The number of nitrogens with two attached hydrogens (primary N) is 1. The zero-order chi connectivity index (χ0) is 15.2. The number of pyridine rings is 1. The van der Waals surface area contributed by atoms with Crippen molar-refractivity contribution in [2.45, 2.75) is 39.2 Å². The van der Waals surface area contributed by atoms with Crippen LogP contribution in [-0.4, -0.2) is 41.5 Å². The smallest absolute Gasteiger partial charge is 0.251 e. The van der Waals surface area contributed by atoms with E-state index >= 15 is 0 Å². The van der Waals surface area contributed by atoms with E-state index in [0.717, 1.165) is 38.2 Å². The molecule has 1 aromatic rings. The summed E-state index contributed by atoms with van der Waals surface area (Å²) in [5, 5.41) is 3.11. The Kier molecular flexibility index (Phi) is 5.52. The highest BCUT2D eigenvalue weighted by molar-refractivity contribution is 5.95. The van der Waals surface area contributed by atoms with E-state index in [1.807, 2.05) is 6.92 Å². The number of rotatable bonds is 5. The highest BCUT2D eigenvalue weighted by Gasteiger charge is 2.20.